The van der Waals surface area contributed by atoms with Gasteiger partial charge in [0.2, 0.25) is 5.91 Å². The average Bonchev–Trinajstić information content (AvgIpc) is 2.55. The van der Waals surface area contributed by atoms with E-state index in [2.05, 4.69) is 15.0 Å². The van der Waals surface area contributed by atoms with Crippen LogP contribution >= 0.6 is 11.3 Å². The molecule has 0 unspecified atom stereocenters. The Morgan fingerprint density at radius 3 is 2.80 bits per heavy atom. The molecule has 0 bridgehead atoms. The van der Waals surface area contributed by atoms with Crippen LogP contribution in [0, 0.1) is 0 Å². The van der Waals surface area contributed by atoms with E-state index in [0.717, 1.165) is 11.3 Å². The number of ether oxygens (including phenoxy) is 1. The minimum absolute atomic E-state index is 0.0619. The molecule has 0 aromatic carbocycles. The van der Waals surface area contributed by atoms with Gasteiger partial charge in [0.1, 0.15) is 0 Å². The molecule has 5 N–H and O–H groups in total. The van der Waals surface area contributed by atoms with Crippen molar-refractivity contribution in [3.63, 3.8) is 0 Å². The highest BCUT2D eigenvalue weighted by molar-refractivity contribution is 7.17. The summed E-state index contributed by atoms with van der Waals surface area (Å²) >= 11 is 1.00. The third-order valence-electron chi connectivity index (χ3n) is 1.44. The maximum absolute atomic E-state index is 11.1. The molecule has 7 nitrogen and oxygen atoms in total. The van der Waals surface area contributed by atoms with Gasteiger partial charge >= 0.3 is 5.97 Å². The molecule has 0 fully saturated rings. The number of nitrogen functional groups attached to an aromatic ring is 1. The number of thiazole rings is 1. The average molecular weight is 230 g/mol. The van der Waals surface area contributed by atoms with Gasteiger partial charge in [0.15, 0.2) is 15.8 Å². The Morgan fingerprint density at radius 1 is 1.60 bits per heavy atom. The van der Waals surface area contributed by atoms with E-state index in [-0.39, 0.29) is 17.2 Å². The molecular formula is C7H10N4O3S. The van der Waals surface area contributed by atoms with E-state index in [0.29, 0.717) is 5.13 Å². The van der Waals surface area contributed by atoms with Crippen LogP contribution in [0.3, 0.4) is 0 Å². The molecule has 82 valence electrons. The van der Waals surface area contributed by atoms with Crippen LogP contribution in [-0.4, -0.2) is 30.5 Å². The molecule has 1 rings (SSSR count). The Kier molecular flexibility index (Phi) is 3.45. The van der Waals surface area contributed by atoms with Crippen LogP contribution < -0.4 is 16.8 Å². The van der Waals surface area contributed by atoms with Crippen molar-refractivity contribution < 1.29 is 14.3 Å². The molecule has 0 aliphatic carbocycles. The van der Waals surface area contributed by atoms with Gasteiger partial charge in [0.05, 0.1) is 13.7 Å². The normalized spacial score (nSPS) is 9.67. The summed E-state index contributed by atoms with van der Waals surface area (Å²) in [6, 6.07) is 0. The third kappa shape index (κ3) is 2.81. The minimum atomic E-state index is -0.558. The maximum Gasteiger partial charge on any atom is 0.351 e. The molecule has 8 heteroatoms. The van der Waals surface area contributed by atoms with Crippen LogP contribution in [0.25, 0.3) is 0 Å². The first kappa shape index (κ1) is 11.2. The Labute approximate surface area is 89.4 Å². The number of carbonyl (C=O) groups is 2. The number of nitrogens with zero attached hydrogens (tertiary/aromatic N) is 1. The Balaban J connectivity index is 2.76. The maximum atomic E-state index is 11.1. The first-order chi connectivity index (χ1) is 7.04. The lowest BCUT2D eigenvalue weighted by atomic mass is 10.5. The number of methoxy groups -OCH3 is 1. The number of nitrogens with two attached hydrogens (primary N) is 2. The van der Waals surface area contributed by atoms with Gasteiger partial charge in [-0.15, -0.1) is 0 Å². The molecule has 0 aliphatic heterocycles. The van der Waals surface area contributed by atoms with Gasteiger partial charge in [-0.2, -0.15) is 0 Å². The van der Waals surface area contributed by atoms with E-state index in [1.165, 1.54) is 7.11 Å². The molecule has 0 aliphatic rings. The lowest BCUT2D eigenvalue weighted by molar-refractivity contribution is -0.116. The highest BCUT2D eigenvalue weighted by Crippen LogP contribution is 2.25. The monoisotopic (exact) mass is 230 g/mol. The van der Waals surface area contributed by atoms with Crippen molar-refractivity contribution in [3.05, 3.63) is 4.88 Å². The molecule has 1 aromatic rings. The smallest absolute Gasteiger partial charge is 0.351 e. The van der Waals surface area contributed by atoms with E-state index < -0.39 is 11.9 Å². The van der Waals surface area contributed by atoms with Crippen LogP contribution in [0.2, 0.25) is 0 Å². The Bertz CT molecular complexity index is 390. The highest BCUT2D eigenvalue weighted by atomic mass is 32.1. The van der Waals surface area contributed by atoms with E-state index in [1.54, 1.807) is 0 Å². The van der Waals surface area contributed by atoms with Crippen molar-refractivity contribution in [2.24, 2.45) is 5.73 Å². The molecule has 0 radical (unpaired) electrons. The summed E-state index contributed by atoms with van der Waals surface area (Å²) in [6.45, 7) is -0.0619. The molecule has 1 heterocycles. The Morgan fingerprint density at radius 2 is 2.27 bits per heavy atom. The molecule has 1 amide bonds. The van der Waals surface area contributed by atoms with E-state index >= 15 is 0 Å². The van der Waals surface area contributed by atoms with Crippen LogP contribution in [0.4, 0.5) is 10.9 Å². The summed E-state index contributed by atoms with van der Waals surface area (Å²) in [7, 11) is 1.25. The quantitative estimate of drug-likeness (QED) is 0.594. The number of esters is 1. The predicted octanol–water partition coefficient (Wildman–Crippen LogP) is -0.591. The van der Waals surface area contributed by atoms with Gasteiger partial charge in [-0.05, 0) is 0 Å². The number of hydrogen-bond acceptors (Lipinski definition) is 7. The van der Waals surface area contributed by atoms with E-state index in [1.807, 2.05) is 0 Å². The second-order valence-corrected chi connectivity index (χ2v) is 3.54. The molecule has 15 heavy (non-hydrogen) atoms. The Hall–Kier alpha value is -1.83. The van der Waals surface area contributed by atoms with Gasteiger partial charge in [-0.1, -0.05) is 11.3 Å². The van der Waals surface area contributed by atoms with Crippen molar-refractivity contribution in [2.45, 2.75) is 0 Å². The fourth-order valence-electron chi connectivity index (χ4n) is 0.809. The molecular weight excluding hydrogens is 220 g/mol. The topological polar surface area (TPSA) is 120 Å². The number of amides is 1. The molecule has 0 saturated carbocycles. The fourth-order valence-corrected chi connectivity index (χ4v) is 1.61. The number of rotatable bonds is 4. The van der Waals surface area contributed by atoms with E-state index in [9.17, 15) is 9.59 Å². The van der Waals surface area contributed by atoms with Crippen LogP contribution in [-0.2, 0) is 9.53 Å². The van der Waals surface area contributed by atoms with Gasteiger partial charge < -0.3 is 21.5 Å². The highest BCUT2D eigenvalue weighted by Gasteiger charge is 2.16. The van der Waals surface area contributed by atoms with Crippen molar-refractivity contribution >= 4 is 34.2 Å². The predicted molar refractivity (Wildman–Crippen MR) is 55.5 cm³/mol. The zero-order valence-electron chi connectivity index (χ0n) is 7.94. The van der Waals surface area contributed by atoms with Crippen molar-refractivity contribution in [1.29, 1.82) is 0 Å². The summed E-state index contributed by atoms with van der Waals surface area (Å²) in [4.78, 5) is 25.6. The van der Waals surface area contributed by atoms with Crippen LogP contribution in [0.1, 0.15) is 9.67 Å². The SMILES string of the molecule is COC(=O)c1sc(NCC(N)=O)nc1N. The number of primary amides is 1. The summed E-state index contributed by atoms with van der Waals surface area (Å²) < 4.78 is 4.49. The van der Waals surface area contributed by atoms with Crippen LogP contribution in [0.15, 0.2) is 0 Å². The van der Waals surface area contributed by atoms with E-state index in [4.69, 9.17) is 11.5 Å². The molecule has 0 spiro atoms. The first-order valence-electron chi connectivity index (χ1n) is 3.91. The van der Waals surface area contributed by atoms with Crippen molar-refractivity contribution in [2.75, 3.05) is 24.7 Å². The second-order valence-electron chi connectivity index (χ2n) is 2.54. The van der Waals surface area contributed by atoms with Gasteiger partial charge in [0, 0.05) is 0 Å². The number of aromatic nitrogens is 1. The minimum Gasteiger partial charge on any atom is -0.465 e. The number of carbonyl (C=O) groups excluding carboxylic acids is 2. The largest absolute Gasteiger partial charge is 0.465 e. The van der Waals surface area contributed by atoms with Crippen molar-refractivity contribution in [1.82, 2.24) is 4.98 Å². The van der Waals surface area contributed by atoms with Gasteiger partial charge in [0.25, 0.3) is 0 Å². The second kappa shape index (κ2) is 4.60. The summed E-state index contributed by atoms with van der Waals surface area (Å²) in [5.74, 6) is -1.01. The number of hydrogen-bond donors (Lipinski definition) is 3. The van der Waals surface area contributed by atoms with Gasteiger partial charge in [-0.25, -0.2) is 9.78 Å². The fraction of sp³-hybridized carbons (Fsp3) is 0.286. The van der Waals surface area contributed by atoms with Crippen molar-refractivity contribution in [3.8, 4) is 0 Å². The summed E-state index contributed by atoms with van der Waals surface area (Å²) in [6.07, 6.45) is 0. The molecule has 1 aromatic heterocycles. The van der Waals surface area contributed by atoms with Crippen LogP contribution in [0.5, 0.6) is 0 Å². The lowest BCUT2D eigenvalue weighted by Crippen LogP contribution is -2.21. The number of anilines is 2. The zero-order valence-corrected chi connectivity index (χ0v) is 8.76. The summed E-state index contributed by atoms with van der Waals surface area (Å²) in [5.41, 5.74) is 10.4. The zero-order chi connectivity index (χ0) is 11.4. The molecule has 0 saturated heterocycles. The summed E-state index contributed by atoms with van der Waals surface area (Å²) in [5, 5.41) is 2.98. The number of nitrogens with one attached hydrogen (secondary N) is 1. The first-order valence-corrected chi connectivity index (χ1v) is 4.73. The standard InChI is InChI=1S/C7H10N4O3S/c1-14-6(13)4-5(9)11-7(15-4)10-2-3(8)12/h2,9H2,1H3,(H2,8,12)(H,10,11). The lowest BCUT2D eigenvalue weighted by Gasteiger charge is -1.95. The molecule has 0 atom stereocenters. The van der Waals surface area contributed by atoms with Gasteiger partial charge in [-0.3, -0.25) is 4.79 Å². The third-order valence-corrected chi connectivity index (χ3v) is 2.45.